The monoisotopic (exact) mass is 315 g/mol. The molecule has 122 valence electrons. The molecular weight excluding hydrogens is 286 g/mol. The molecule has 0 aromatic carbocycles. The molecule has 0 aliphatic heterocycles. The Morgan fingerprint density at radius 1 is 1.19 bits per heavy atom. The minimum Gasteiger partial charge on any atom is -0.480 e. The Morgan fingerprint density at radius 3 is 2.14 bits per heavy atom. The molecule has 0 spiro atoms. The third-order valence-corrected chi connectivity index (χ3v) is 6.09. The lowest BCUT2D eigenvalue weighted by molar-refractivity contribution is -0.139. The summed E-state index contributed by atoms with van der Waals surface area (Å²) < 4.78 is 0. The third-order valence-electron chi connectivity index (χ3n) is 6.09. The Labute approximate surface area is 134 Å². The highest BCUT2D eigenvalue weighted by atomic mass is 35.5. The number of hydrogen-bond acceptors (Lipinski definition) is 2. The van der Waals surface area contributed by atoms with Gasteiger partial charge in [-0.3, -0.25) is 4.79 Å². The summed E-state index contributed by atoms with van der Waals surface area (Å²) in [5.41, 5.74) is 0.566. The predicted octanol–water partition coefficient (Wildman–Crippen LogP) is 3.86. The van der Waals surface area contributed by atoms with Gasteiger partial charge in [-0.1, -0.05) is 13.3 Å². The van der Waals surface area contributed by atoms with Crippen LogP contribution in [0.5, 0.6) is 0 Å². The fourth-order valence-electron chi connectivity index (χ4n) is 5.71. The molecule has 4 heteroatoms. The molecule has 0 aromatic rings. The largest absolute Gasteiger partial charge is 0.480 e. The first-order valence-electron chi connectivity index (χ1n) is 8.56. The first-order chi connectivity index (χ1) is 9.60. The molecule has 21 heavy (non-hydrogen) atoms. The van der Waals surface area contributed by atoms with Crippen molar-refractivity contribution in [3.05, 3.63) is 0 Å². The van der Waals surface area contributed by atoms with Crippen molar-refractivity contribution in [1.82, 2.24) is 5.32 Å². The summed E-state index contributed by atoms with van der Waals surface area (Å²) in [6.07, 6.45) is 11.6. The van der Waals surface area contributed by atoms with E-state index in [1.54, 1.807) is 0 Å². The molecule has 0 amide bonds. The molecule has 4 aliphatic rings. The SMILES string of the molecule is CCCC(NCCC12CC3CC(CC(C3)C1)C2)C(=O)O.Cl. The van der Waals surface area contributed by atoms with Gasteiger partial charge in [0.1, 0.15) is 6.04 Å². The summed E-state index contributed by atoms with van der Waals surface area (Å²) in [6.45, 7) is 2.94. The molecule has 0 saturated heterocycles. The summed E-state index contributed by atoms with van der Waals surface area (Å²) in [5.74, 6) is 2.30. The van der Waals surface area contributed by atoms with Crippen LogP contribution in [0.3, 0.4) is 0 Å². The van der Waals surface area contributed by atoms with E-state index in [-0.39, 0.29) is 18.4 Å². The fourth-order valence-corrected chi connectivity index (χ4v) is 5.71. The van der Waals surface area contributed by atoms with Crippen LogP contribution in [0, 0.1) is 23.2 Å². The van der Waals surface area contributed by atoms with Crippen LogP contribution < -0.4 is 5.32 Å². The lowest BCUT2D eigenvalue weighted by Crippen LogP contribution is -2.48. The van der Waals surface area contributed by atoms with E-state index < -0.39 is 5.97 Å². The zero-order valence-corrected chi connectivity index (χ0v) is 14.0. The molecule has 4 bridgehead atoms. The molecular formula is C17H30ClNO2. The maximum atomic E-state index is 11.2. The van der Waals surface area contributed by atoms with Gasteiger partial charge < -0.3 is 10.4 Å². The van der Waals surface area contributed by atoms with E-state index in [0.717, 1.165) is 37.1 Å². The zero-order valence-electron chi connectivity index (χ0n) is 13.1. The third kappa shape index (κ3) is 3.73. The smallest absolute Gasteiger partial charge is 0.320 e. The maximum Gasteiger partial charge on any atom is 0.320 e. The van der Waals surface area contributed by atoms with E-state index >= 15 is 0 Å². The Morgan fingerprint density at radius 2 is 1.71 bits per heavy atom. The molecule has 0 radical (unpaired) electrons. The summed E-state index contributed by atoms with van der Waals surface area (Å²) in [7, 11) is 0. The molecule has 4 aliphatic carbocycles. The maximum absolute atomic E-state index is 11.2. The van der Waals surface area contributed by atoms with E-state index in [4.69, 9.17) is 0 Å². The van der Waals surface area contributed by atoms with Gasteiger partial charge in [0.05, 0.1) is 0 Å². The summed E-state index contributed by atoms with van der Waals surface area (Å²) in [4.78, 5) is 11.2. The molecule has 4 rings (SSSR count). The summed E-state index contributed by atoms with van der Waals surface area (Å²) in [6, 6.07) is -0.339. The van der Waals surface area contributed by atoms with E-state index in [1.165, 1.54) is 44.9 Å². The molecule has 0 heterocycles. The van der Waals surface area contributed by atoms with Gasteiger partial charge in [0.2, 0.25) is 0 Å². The zero-order chi connectivity index (χ0) is 14.2. The molecule has 4 saturated carbocycles. The Kier molecular flexibility index (Phi) is 5.59. The highest BCUT2D eigenvalue weighted by Gasteiger charge is 2.50. The van der Waals surface area contributed by atoms with Gasteiger partial charge >= 0.3 is 5.97 Å². The minimum absolute atomic E-state index is 0. The normalized spacial score (nSPS) is 38.0. The van der Waals surface area contributed by atoms with Crippen molar-refractivity contribution in [3.8, 4) is 0 Å². The molecule has 0 aromatic heterocycles. The first-order valence-corrected chi connectivity index (χ1v) is 8.56. The topological polar surface area (TPSA) is 49.3 Å². The number of carboxylic acid groups (broad SMARTS) is 1. The van der Waals surface area contributed by atoms with E-state index in [2.05, 4.69) is 12.2 Å². The number of carboxylic acids is 1. The van der Waals surface area contributed by atoms with E-state index in [9.17, 15) is 9.90 Å². The van der Waals surface area contributed by atoms with Gasteiger partial charge in [-0.05, 0) is 81.1 Å². The van der Waals surface area contributed by atoms with Crippen molar-refractivity contribution < 1.29 is 9.90 Å². The molecule has 3 nitrogen and oxygen atoms in total. The minimum atomic E-state index is -0.683. The van der Waals surface area contributed by atoms with Crippen molar-refractivity contribution in [2.24, 2.45) is 23.2 Å². The fraction of sp³-hybridized carbons (Fsp3) is 0.941. The molecule has 4 fully saturated rings. The lowest BCUT2D eigenvalue weighted by atomic mass is 9.49. The van der Waals surface area contributed by atoms with Gasteiger partial charge in [-0.15, -0.1) is 12.4 Å². The molecule has 1 unspecified atom stereocenters. The summed E-state index contributed by atoms with van der Waals surface area (Å²) in [5, 5.41) is 12.5. The molecule has 1 atom stereocenters. The Hall–Kier alpha value is -0.280. The van der Waals surface area contributed by atoms with E-state index in [0.29, 0.717) is 5.41 Å². The van der Waals surface area contributed by atoms with Gasteiger partial charge in [-0.25, -0.2) is 0 Å². The van der Waals surface area contributed by atoms with Gasteiger partial charge in [0, 0.05) is 0 Å². The average Bonchev–Trinajstić information content (AvgIpc) is 2.35. The van der Waals surface area contributed by atoms with Crippen molar-refractivity contribution >= 4 is 18.4 Å². The second kappa shape index (κ2) is 6.87. The highest BCUT2D eigenvalue weighted by Crippen LogP contribution is 2.61. The van der Waals surface area contributed by atoms with Crippen LogP contribution in [0.25, 0.3) is 0 Å². The van der Waals surface area contributed by atoms with Crippen LogP contribution in [0.4, 0.5) is 0 Å². The van der Waals surface area contributed by atoms with Crippen molar-refractivity contribution in [3.63, 3.8) is 0 Å². The standard InChI is InChI=1S/C17H29NO2.ClH/c1-2-3-15(16(19)20)18-5-4-17-9-12-6-13(10-17)8-14(7-12)11-17;/h12-15,18H,2-11H2,1H3,(H,19,20);1H. The Bertz CT molecular complexity index is 337. The van der Waals surface area contributed by atoms with Crippen LogP contribution in [0.2, 0.25) is 0 Å². The predicted molar refractivity (Wildman–Crippen MR) is 86.8 cm³/mol. The van der Waals surface area contributed by atoms with Crippen molar-refractivity contribution in [2.45, 2.75) is 70.8 Å². The van der Waals surface area contributed by atoms with Crippen molar-refractivity contribution in [2.75, 3.05) is 6.54 Å². The van der Waals surface area contributed by atoms with E-state index in [1.807, 2.05) is 0 Å². The Balaban J connectivity index is 0.00000161. The number of rotatable bonds is 7. The van der Waals surface area contributed by atoms with Crippen LogP contribution in [0.15, 0.2) is 0 Å². The van der Waals surface area contributed by atoms with Gasteiger partial charge in [0.25, 0.3) is 0 Å². The highest BCUT2D eigenvalue weighted by molar-refractivity contribution is 5.85. The quantitative estimate of drug-likeness (QED) is 0.750. The number of halogens is 1. The van der Waals surface area contributed by atoms with Crippen LogP contribution >= 0.6 is 12.4 Å². The van der Waals surface area contributed by atoms with Crippen LogP contribution in [-0.4, -0.2) is 23.7 Å². The van der Waals surface area contributed by atoms with Crippen molar-refractivity contribution in [1.29, 1.82) is 0 Å². The number of hydrogen-bond donors (Lipinski definition) is 2. The summed E-state index contributed by atoms with van der Waals surface area (Å²) >= 11 is 0. The van der Waals surface area contributed by atoms with Crippen LogP contribution in [-0.2, 0) is 4.79 Å². The lowest BCUT2D eigenvalue weighted by Gasteiger charge is -2.57. The number of nitrogens with one attached hydrogen (secondary N) is 1. The van der Waals surface area contributed by atoms with Gasteiger partial charge in [0.15, 0.2) is 0 Å². The second-order valence-electron chi connectivity index (χ2n) is 7.80. The molecule has 2 N–H and O–H groups in total. The number of aliphatic carboxylic acids is 1. The average molecular weight is 316 g/mol. The first kappa shape index (κ1) is 17.1. The van der Waals surface area contributed by atoms with Gasteiger partial charge in [-0.2, -0.15) is 0 Å². The number of carbonyl (C=O) groups is 1. The van der Waals surface area contributed by atoms with Crippen LogP contribution in [0.1, 0.15) is 64.7 Å². The second-order valence-corrected chi connectivity index (χ2v) is 7.80.